The lowest BCUT2D eigenvalue weighted by Crippen LogP contribution is -2.59. The smallest absolute Gasteiger partial charge is 0.120 e. The van der Waals surface area contributed by atoms with E-state index in [4.69, 9.17) is 0 Å². The standard InChI is InChI=1S/C28H49N5O2S/c1-28(2,17-29)21-11-8-18(9-12-21)27-26-23-15-20(10-13-24(23)30-16-25(26)33(3)31-27)19-6-5-7-22(14-19)32-36(4,34)35/h18-27,30-31H,5-16H2,1-4H3,(H-,32,34,35). The number of nitrogens with zero attached hydrogens (tertiary/aromatic N) is 2. The van der Waals surface area contributed by atoms with E-state index in [2.05, 4.69) is 47.4 Å². The third-order valence-corrected chi connectivity index (χ3v) is 11.8. The fourth-order valence-corrected chi connectivity index (χ4v) is 9.95. The maximum atomic E-state index is 11.9. The summed E-state index contributed by atoms with van der Waals surface area (Å²) in [5.74, 6) is 3.96. The van der Waals surface area contributed by atoms with Crippen LogP contribution in [0, 0.1) is 52.3 Å². The summed E-state index contributed by atoms with van der Waals surface area (Å²) in [7, 11) is -0.898. The van der Waals surface area contributed by atoms with Crippen LogP contribution in [-0.4, -0.2) is 53.6 Å². The van der Waals surface area contributed by atoms with Gasteiger partial charge in [-0.1, -0.05) is 17.1 Å². The Morgan fingerprint density at radius 1 is 1.03 bits per heavy atom. The van der Waals surface area contributed by atoms with Crippen molar-refractivity contribution in [3.63, 3.8) is 0 Å². The molecule has 2 aliphatic heterocycles. The Morgan fingerprint density at radius 3 is 2.42 bits per heavy atom. The molecule has 5 rings (SSSR count). The van der Waals surface area contributed by atoms with Crippen molar-refractivity contribution in [2.75, 3.05) is 19.8 Å². The molecule has 2 heterocycles. The third kappa shape index (κ3) is 5.58. The van der Waals surface area contributed by atoms with Crippen molar-refractivity contribution in [3.8, 4) is 6.07 Å². The van der Waals surface area contributed by atoms with Crippen molar-refractivity contribution in [3.05, 3.63) is 0 Å². The minimum Gasteiger partial charge on any atom is -0.598 e. The number of sulfonamides is 1. The summed E-state index contributed by atoms with van der Waals surface area (Å²) in [6, 6.07) is 4.41. The van der Waals surface area contributed by atoms with Crippen LogP contribution < -0.4 is 15.5 Å². The number of fused-ring (bicyclic) bond motifs is 3. The topological polar surface area (TPSA) is 103 Å². The fraction of sp³-hybridized carbons (Fsp3) is 0.964. The molecule has 0 amide bonds. The maximum Gasteiger partial charge on any atom is 0.120 e. The van der Waals surface area contributed by atoms with E-state index in [0.717, 1.165) is 31.7 Å². The van der Waals surface area contributed by atoms with Crippen molar-refractivity contribution >= 4 is 10.4 Å². The molecular formula is C28H49N5O2S. The molecule has 5 aliphatic rings. The summed E-state index contributed by atoms with van der Waals surface area (Å²) in [4.78, 5) is 0. The summed E-state index contributed by atoms with van der Waals surface area (Å²) in [5.41, 5.74) is 3.73. The minimum atomic E-state index is -3.14. The molecule has 0 aromatic rings. The number of piperidine rings is 1. The van der Waals surface area contributed by atoms with Gasteiger partial charge in [0, 0.05) is 31.7 Å². The quantitative estimate of drug-likeness (QED) is 0.477. The molecule has 8 heteroatoms. The number of hydrazine groups is 1. The lowest BCUT2D eigenvalue weighted by atomic mass is 9.59. The van der Waals surface area contributed by atoms with Crippen LogP contribution in [-0.2, 0) is 14.6 Å². The molecular weight excluding hydrogens is 470 g/mol. The first-order valence-electron chi connectivity index (χ1n) is 14.7. The van der Waals surface area contributed by atoms with E-state index in [9.17, 15) is 14.0 Å². The molecule has 204 valence electrons. The van der Waals surface area contributed by atoms with Crippen molar-refractivity contribution in [2.24, 2.45) is 40.9 Å². The molecule has 5 fully saturated rings. The maximum absolute atomic E-state index is 11.9. The van der Waals surface area contributed by atoms with Crippen LogP contribution in [0.1, 0.15) is 84.5 Å². The first kappa shape index (κ1) is 27.0. The van der Waals surface area contributed by atoms with Gasteiger partial charge in [0.05, 0.1) is 17.5 Å². The zero-order chi connectivity index (χ0) is 25.7. The third-order valence-electron chi connectivity index (χ3n) is 11.1. The summed E-state index contributed by atoms with van der Waals surface area (Å²) in [6.07, 6.45) is 14.4. The van der Waals surface area contributed by atoms with E-state index < -0.39 is 10.4 Å². The van der Waals surface area contributed by atoms with Gasteiger partial charge in [-0.25, -0.2) is 5.01 Å². The molecule has 0 radical (unpaired) electrons. The Morgan fingerprint density at radius 2 is 1.72 bits per heavy atom. The number of nitrogens with one attached hydrogen (secondary N) is 3. The number of hydrogen-bond acceptors (Lipinski definition) is 6. The highest BCUT2D eigenvalue weighted by Crippen LogP contribution is 2.50. The van der Waals surface area contributed by atoms with E-state index in [-0.39, 0.29) is 11.5 Å². The Kier molecular flexibility index (Phi) is 7.91. The van der Waals surface area contributed by atoms with Crippen LogP contribution in [0.4, 0.5) is 0 Å². The first-order chi connectivity index (χ1) is 17.1. The number of nitriles is 1. The van der Waals surface area contributed by atoms with Gasteiger partial charge >= 0.3 is 0 Å². The average molecular weight is 520 g/mol. The molecule has 9 unspecified atom stereocenters. The molecule has 3 aliphatic carbocycles. The minimum absolute atomic E-state index is 0.119. The van der Waals surface area contributed by atoms with Gasteiger partial charge in [0.2, 0.25) is 0 Å². The zero-order valence-electron chi connectivity index (χ0n) is 22.9. The fourth-order valence-electron chi connectivity index (χ4n) is 9.13. The Balaban J connectivity index is 1.27. The van der Waals surface area contributed by atoms with Gasteiger partial charge in [-0.2, -0.15) is 5.26 Å². The monoisotopic (exact) mass is 519 g/mol. The molecule has 36 heavy (non-hydrogen) atoms. The zero-order valence-corrected chi connectivity index (χ0v) is 23.7. The van der Waals surface area contributed by atoms with E-state index in [1.54, 1.807) is 0 Å². The second-order valence-electron chi connectivity index (χ2n) is 13.6. The predicted molar refractivity (Wildman–Crippen MR) is 143 cm³/mol. The lowest BCUT2D eigenvalue weighted by molar-refractivity contribution is 0.0350. The predicted octanol–water partition coefficient (Wildman–Crippen LogP) is 3.86. The lowest BCUT2D eigenvalue weighted by Gasteiger charge is -2.50. The van der Waals surface area contributed by atoms with Gasteiger partial charge in [0.15, 0.2) is 0 Å². The highest BCUT2D eigenvalue weighted by Gasteiger charge is 2.53. The summed E-state index contributed by atoms with van der Waals surface area (Å²) >= 11 is 0. The van der Waals surface area contributed by atoms with Gasteiger partial charge < -0.3 is 9.87 Å². The average Bonchev–Trinajstić information content (AvgIpc) is 3.20. The SMILES string of the molecule is CN1NC(C2CCC(C(C)(C)C#N)CC2)C2C3CC(C4CCCC(N[S+](C)(=O)[O-])C4)CCC3NCC21. The van der Waals surface area contributed by atoms with Crippen molar-refractivity contribution in [1.29, 1.82) is 5.26 Å². The Labute approximate surface area is 220 Å². The van der Waals surface area contributed by atoms with Crippen LogP contribution in [0.2, 0.25) is 0 Å². The molecule has 0 aromatic heterocycles. The Hall–Kier alpha value is -0.560. The van der Waals surface area contributed by atoms with Crippen LogP contribution >= 0.6 is 0 Å². The van der Waals surface area contributed by atoms with Gasteiger partial charge in [-0.3, -0.25) is 5.43 Å². The second-order valence-corrected chi connectivity index (χ2v) is 15.4. The van der Waals surface area contributed by atoms with E-state index in [0.29, 0.717) is 47.7 Å². The largest absolute Gasteiger partial charge is 0.598 e. The van der Waals surface area contributed by atoms with Gasteiger partial charge in [0.1, 0.15) is 16.7 Å². The van der Waals surface area contributed by atoms with Crippen LogP contribution in [0.25, 0.3) is 0 Å². The number of rotatable bonds is 5. The number of hydrogen-bond donors (Lipinski definition) is 3. The highest BCUT2D eigenvalue weighted by atomic mass is 32.3. The van der Waals surface area contributed by atoms with E-state index in [1.165, 1.54) is 57.6 Å². The van der Waals surface area contributed by atoms with Crippen LogP contribution in [0.15, 0.2) is 0 Å². The van der Waals surface area contributed by atoms with Crippen LogP contribution in [0.5, 0.6) is 0 Å². The normalized spacial score (nSPS) is 45.8. The molecule has 7 nitrogen and oxygen atoms in total. The van der Waals surface area contributed by atoms with Gasteiger partial charge in [-0.15, -0.1) is 4.72 Å². The molecule has 0 bridgehead atoms. The van der Waals surface area contributed by atoms with Crippen LogP contribution in [0.3, 0.4) is 0 Å². The van der Waals surface area contributed by atoms with Crippen molar-refractivity contribution in [2.45, 2.75) is 109 Å². The Bertz CT molecular complexity index is 862. The molecule has 0 spiro atoms. The van der Waals surface area contributed by atoms with E-state index in [1.807, 2.05) is 0 Å². The first-order valence-corrected chi connectivity index (χ1v) is 16.6. The molecule has 3 N–H and O–H groups in total. The summed E-state index contributed by atoms with van der Waals surface area (Å²) in [5, 5.41) is 16.0. The highest BCUT2D eigenvalue weighted by molar-refractivity contribution is 7.95. The summed E-state index contributed by atoms with van der Waals surface area (Å²) in [6.45, 7) is 5.32. The molecule has 2 saturated heterocycles. The van der Waals surface area contributed by atoms with Gasteiger partial charge in [-0.05, 0) is 107 Å². The van der Waals surface area contributed by atoms with Crippen molar-refractivity contribution in [1.82, 2.24) is 20.5 Å². The number of likely N-dealkylation sites (N-methyl/N-ethyl adjacent to an activating group) is 1. The van der Waals surface area contributed by atoms with Crippen molar-refractivity contribution < 1.29 is 8.76 Å². The van der Waals surface area contributed by atoms with Gasteiger partial charge in [0.25, 0.3) is 0 Å². The summed E-state index contributed by atoms with van der Waals surface area (Å²) < 4.78 is 26.6. The van der Waals surface area contributed by atoms with E-state index >= 15 is 0 Å². The second kappa shape index (κ2) is 10.5. The molecule has 0 aromatic carbocycles. The molecule has 3 saturated carbocycles. The molecule has 9 atom stereocenters.